The Morgan fingerprint density at radius 2 is 1.72 bits per heavy atom. The number of rotatable bonds is 3. The fourth-order valence-corrected chi connectivity index (χ4v) is 2.93. The molecule has 2 amide bonds. The van der Waals surface area contributed by atoms with E-state index in [4.69, 9.17) is 0 Å². The van der Waals surface area contributed by atoms with Crippen LogP contribution in [0.2, 0.25) is 0 Å². The van der Waals surface area contributed by atoms with Gasteiger partial charge in [0, 0.05) is 5.69 Å². The number of nitrogens with one attached hydrogen (secondary N) is 3. The molecule has 0 bridgehead atoms. The lowest BCUT2D eigenvalue weighted by atomic mass is 10.0. The van der Waals surface area contributed by atoms with Gasteiger partial charge in [-0.2, -0.15) is 0 Å². The fraction of sp³-hybridized carbons (Fsp3) is 0.300. The van der Waals surface area contributed by atoms with Crippen molar-refractivity contribution >= 4 is 28.9 Å². The van der Waals surface area contributed by atoms with Crippen molar-refractivity contribution in [3.05, 3.63) is 52.6 Å². The van der Waals surface area contributed by atoms with E-state index < -0.39 is 6.04 Å². The van der Waals surface area contributed by atoms with Crippen LogP contribution in [0.15, 0.2) is 30.3 Å². The van der Waals surface area contributed by atoms with Crippen LogP contribution in [-0.2, 0) is 9.59 Å². The Kier molecular flexibility index (Phi) is 4.49. The van der Waals surface area contributed by atoms with Gasteiger partial charge >= 0.3 is 0 Å². The van der Waals surface area contributed by atoms with Crippen molar-refractivity contribution in [1.82, 2.24) is 0 Å². The minimum absolute atomic E-state index is 0.0750. The van der Waals surface area contributed by atoms with Crippen LogP contribution in [0.3, 0.4) is 0 Å². The molecule has 0 spiro atoms. The van der Waals surface area contributed by atoms with E-state index in [-0.39, 0.29) is 18.2 Å². The molecule has 2 aromatic rings. The molecule has 0 radical (unpaired) electrons. The minimum atomic E-state index is -0.584. The molecule has 1 aliphatic rings. The van der Waals surface area contributed by atoms with Crippen LogP contribution >= 0.6 is 0 Å². The zero-order chi connectivity index (χ0) is 18.1. The topological polar surface area (TPSA) is 70.2 Å². The summed E-state index contributed by atoms with van der Waals surface area (Å²) in [6.45, 7) is 8.00. The van der Waals surface area contributed by atoms with Crippen LogP contribution in [0.5, 0.6) is 0 Å². The molecule has 0 aliphatic carbocycles. The molecule has 0 saturated heterocycles. The van der Waals surface area contributed by atoms with Gasteiger partial charge in [0.15, 0.2) is 0 Å². The van der Waals surface area contributed by atoms with Gasteiger partial charge in [0.25, 0.3) is 0 Å². The predicted octanol–water partition coefficient (Wildman–Crippen LogP) is 3.68. The highest BCUT2D eigenvalue weighted by Crippen LogP contribution is 2.30. The van der Waals surface area contributed by atoms with Gasteiger partial charge in [-0.25, -0.2) is 0 Å². The van der Waals surface area contributed by atoms with Gasteiger partial charge < -0.3 is 16.0 Å². The van der Waals surface area contributed by atoms with Gasteiger partial charge in [-0.05, 0) is 68.1 Å². The molecular formula is C20H23N3O2. The number of carbonyl (C=O) groups is 2. The molecule has 0 unspecified atom stereocenters. The average Bonchev–Trinajstić information content (AvgIpc) is 2.54. The molecule has 3 rings (SSSR count). The lowest BCUT2D eigenvalue weighted by Gasteiger charge is -2.27. The first-order chi connectivity index (χ1) is 11.8. The first-order valence-corrected chi connectivity index (χ1v) is 8.40. The van der Waals surface area contributed by atoms with E-state index in [1.807, 2.05) is 58.0 Å². The molecule has 5 heteroatoms. The first-order valence-electron chi connectivity index (χ1n) is 8.40. The molecule has 5 nitrogen and oxygen atoms in total. The predicted molar refractivity (Wildman–Crippen MR) is 101 cm³/mol. The Balaban J connectivity index is 1.72. The largest absolute Gasteiger partial charge is 0.372 e. The van der Waals surface area contributed by atoms with Crippen molar-refractivity contribution in [3.8, 4) is 0 Å². The highest BCUT2D eigenvalue weighted by atomic mass is 16.2. The normalized spacial score (nSPS) is 15.8. The third-order valence-corrected chi connectivity index (χ3v) is 4.81. The molecule has 1 heterocycles. The van der Waals surface area contributed by atoms with E-state index in [9.17, 15) is 9.59 Å². The first kappa shape index (κ1) is 17.0. The van der Waals surface area contributed by atoms with Gasteiger partial charge in [-0.15, -0.1) is 0 Å². The highest BCUT2D eigenvalue weighted by Gasteiger charge is 2.28. The maximum absolute atomic E-state index is 12.4. The molecule has 0 fully saturated rings. The standard InChI is InChI=1S/C20H23N3O2/c1-11-6-5-7-15(14(11)4)22-19(24)10-18-20(25)23-17-9-13(3)12(2)8-16(17)21-18/h5-9,18,21H,10H2,1-4H3,(H,22,24)(H,23,25)/t18-/m0/s1. The van der Waals surface area contributed by atoms with Gasteiger partial charge in [0.2, 0.25) is 11.8 Å². The van der Waals surface area contributed by atoms with E-state index in [1.165, 1.54) is 0 Å². The lowest BCUT2D eigenvalue weighted by molar-refractivity contribution is -0.122. The summed E-state index contributed by atoms with van der Waals surface area (Å²) in [6, 6.07) is 9.14. The number of fused-ring (bicyclic) bond motifs is 1. The maximum Gasteiger partial charge on any atom is 0.247 e. The highest BCUT2D eigenvalue weighted by molar-refractivity contribution is 6.06. The number of benzene rings is 2. The van der Waals surface area contributed by atoms with Crippen molar-refractivity contribution in [2.45, 2.75) is 40.2 Å². The second-order valence-corrected chi connectivity index (χ2v) is 6.67. The molecule has 3 N–H and O–H groups in total. The molecule has 1 aliphatic heterocycles. The van der Waals surface area contributed by atoms with E-state index in [0.717, 1.165) is 39.3 Å². The third kappa shape index (κ3) is 3.50. The van der Waals surface area contributed by atoms with Crippen LogP contribution in [-0.4, -0.2) is 17.9 Å². The summed E-state index contributed by atoms with van der Waals surface area (Å²) in [5, 5.41) is 8.98. The number of anilines is 3. The summed E-state index contributed by atoms with van der Waals surface area (Å²) in [7, 11) is 0. The van der Waals surface area contributed by atoms with E-state index in [2.05, 4.69) is 16.0 Å². The van der Waals surface area contributed by atoms with Gasteiger partial charge in [-0.3, -0.25) is 9.59 Å². The van der Waals surface area contributed by atoms with E-state index in [1.54, 1.807) is 0 Å². The Morgan fingerprint density at radius 1 is 1.04 bits per heavy atom. The van der Waals surface area contributed by atoms with E-state index in [0.29, 0.717) is 0 Å². The minimum Gasteiger partial charge on any atom is -0.372 e. The average molecular weight is 337 g/mol. The molecule has 130 valence electrons. The second-order valence-electron chi connectivity index (χ2n) is 6.67. The SMILES string of the molecule is Cc1cc2c(cc1C)N[C@@H](CC(=O)Nc1cccc(C)c1C)C(=O)N2. The summed E-state index contributed by atoms with van der Waals surface area (Å²) in [5.41, 5.74) is 6.81. The summed E-state index contributed by atoms with van der Waals surface area (Å²) < 4.78 is 0. The van der Waals surface area contributed by atoms with Crippen molar-refractivity contribution in [1.29, 1.82) is 0 Å². The Bertz CT molecular complexity index is 858. The van der Waals surface area contributed by atoms with Crippen LogP contribution < -0.4 is 16.0 Å². The summed E-state index contributed by atoms with van der Waals surface area (Å²) in [4.78, 5) is 24.7. The maximum atomic E-state index is 12.4. The van der Waals surface area contributed by atoms with Gasteiger partial charge in [0.05, 0.1) is 17.8 Å². The molecule has 1 atom stereocenters. The molecule has 25 heavy (non-hydrogen) atoms. The monoisotopic (exact) mass is 337 g/mol. The zero-order valence-corrected chi connectivity index (χ0v) is 15.0. The summed E-state index contributed by atoms with van der Waals surface area (Å²) in [6.07, 6.45) is 0.0750. The molecule has 0 aromatic heterocycles. The zero-order valence-electron chi connectivity index (χ0n) is 15.0. The summed E-state index contributed by atoms with van der Waals surface area (Å²) in [5.74, 6) is -0.375. The summed E-state index contributed by atoms with van der Waals surface area (Å²) >= 11 is 0. The van der Waals surface area contributed by atoms with Crippen molar-refractivity contribution in [2.75, 3.05) is 16.0 Å². The number of hydrogen-bond acceptors (Lipinski definition) is 3. The Labute approximate surface area is 147 Å². The smallest absolute Gasteiger partial charge is 0.247 e. The van der Waals surface area contributed by atoms with Crippen molar-refractivity contribution in [2.24, 2.45) is 0 Å². The van der Waals surface area contributed by atoms with Crippen LogP contribution in [0.25, 0.3) is 0 Å². The quantitative estimate of drug-likeness (QED) is 0.800. The molecule has 2 aromatic carbocycles. The third-order valence-electron chi connectivity index (χ3n) is 4.81. The lowest BCUT2D eigenvalue weighted by Crippen LogP contribution is -2.41. The van der Waals surface area contributed by atoms with Crippen molar-refractivity contribution < 1.29 is 9.59 Å². The Morgan fingerprint density at radius 3 is 2.44 bits per heavy atom. The number of hydrogen-bond donors (Lipinski definition) is 3. The fourth-order valence-electron chi connectivity index (χ4n) is 2.93. The molecular weight excluding hydrogens is 314 g/mol. The van der Waals surface area contributed by atoms with Gasteiger partial charge in [-0.1, -0.05) is 12.1 Å². The van der Waals surface area contributed by atoms with Gasteiger partial charge in [0.1, 0.15) is 6.04 Å². The second kappa shape index (κ2) is 6.59. The van der Waals surface area contributed by atoms with Crippen molar-refractivity contribution in [3.63, 3.8) is 0 Å². The Hall–Kier alpha value is -2.82. The van der Waals surface area contributed by atoms with Crippen LogP contribution in [0, 0.1) is 27.7 Å². The number of amides is 2. The number of aryl methyl sites for hydroxylation is 3. The number of carbonyl (C=O) groups excluding carboxylic acids is 2. The van der Waals surface area contributed by atoms with Crippen LogP contribution in [0.1, 0.15) is 28.7 Å². The van der Waals surface area contributed by atoms with E-state index >= 15 is 0 Å². The van der Waals surface area contributed by atoms with Crippen LogP contribution in [0.4, 0.5) is 17.1 Å². The molecule has 0 saturated carbocycles.